The lowest BCUT2D eigenvalue weighted by atomic mass is 10.1. The van der Waals surface area contributed by atoms with Crippen LogP contribution in [0.5, 0.6) is 5.75 Å². The summed E-state index contributed by atoms with van der Waals surface area (Å²) < 4.78 is 47.1. The van der Waals surface area contributed by atoms with Crippen LogP contribution in [0, 0.1) is 0 Å². The molecule has 2 N–H and O–H groups in total. The van der Waals surface area contributed by atoms with E-state index < -0.39 is 35.5 Å². The molecule has 0 aliphatic heterocycles. The molecule has 0 radical (unpaired) electrons. The van der Waals surface area contributed by atoms with E-state index >= 15 is 0 Å². The summed E-state index contributed by atoms with van der Waals surface area (Å²) in [5.41, 5.74) is 3.02. The molecule has 0 fully saturated rings. The highest BCUT2D eigenvalue weighted by Gasteiger charge is 2.35. The third kappa shape index (κ3) is 5.52. The van der Waals surface area contributed by atoms with Gasteiger partial charge in [0.05, 0.1) is 10.7 Å². The van der Waals surface area contributed by atoms with Gasteiger partial charge in [0.2, 0.25) is 0 Å². The van der Waals surface area contributed by atoms with Crippen molar-refractivity contribution in [3.8, 4) is 17.0 Å². The smallest absolute Gasteiger partial charge is 0.433 e. The Balaban J connectivity index is 1.52. The molecular weight excluding hydrogens is 522 g/mol. The third-order valence-corrected chi connectivity index (χ3v) is 5.43. The van der Waals surface area contributed by atoms with Crippen LogP contribution in [0.2, 0.25) is 10.0 Å². The number of alkyl halides is 3. The SMILES string of the molecule is CC(Oc1cc(Cl)ccc1Cl)C(=O)NNC(=O)c1cc2nc(-c3ccccc3)cc(C(F)(F)F)n2n1. The molecule has 2 heterocycles. The van der Waals surface area contributed by atoms with E-state index in [1.165, 1.54) is 19.1 Å². The number of nitrogens with zero attached hydrogens (tertiary/aromatic N) is 3. The van der Waals surface area contributed by atoms with E-state index in [-0.39, 0.29) is 22.1 Å². The maximum atomic E-state index is 13.7. The average Bonchev–Trinajstić information content (AvgIpc) is 3.28. The van der Waals surface area contributed by atoms with Gasteiger partial charge >= 0.3 is 6.18 Å². The fourth-order valence-electron chi connectivity index (χ4n) is 3.14. The van der Waals surface area contributed by atoms with Gasteiger partial charge in [0, 0.05) is 22.7 Å². The molecule has 13 heteroatoms. The summed E-state index contributed by atoms with van der Waals surface area (Å²) in [5.74, 6) is -1.57. The number of nitrogens with one attached hydrogen (secondary N) is 2. The average molecular weight is 538 g/mol. The minimum atomic E-state index is -4.77. The fourth-order valence-corrected chi connectivity index (χ4v) is 3.46. The Morgan fingerprint density at radius 1 is 1.03 bits per heavy atom. The standard InChI is InChI=1S/C23H16Cl2F3N5O3/c1-12(36-18-9-14(24)7-8-15(18)25)21(34)30-31-22(35)17-11-20-29-16(13-5-3-2-4-6-13)10-19(23(26,27)28)33(20)32-17/h2-12H,1H3,(H,30,34)(H,31,35). The Hall–Kier alpha value is -3.83. The zero-order valence-corrected chi connectivity index (χ0v) is 19.8. The first-order valence-electron chi connectivity index (χ1n) is 10.3. The fraction of sp³-hybridized carbons (Fsp3) is 0.130. The highest BCUT2D eigenvalue weighted by atomic mass is 35.5. The minimum Gasteiger partial charge on any atom is -0.479 e. The van der Waals surface area contributed by atoms with Crippen LogP contribution in [0.1, 0.15) is 23.1 Å². The molecule has 0 saturated carbocycles. The Bertz CT molecular complexity index is 1440. The summed E-state index contributed by atoms with van der Waals surface area (Å²) in [6, 6.07) is 14.6. The maximum Gasteiger partial charge on any atom is 0.433 e. The molecular formula is C23H16Cl2F3N5O3. The molecule has 2 amide bonds. The van der Waals surface area contributed by atoms with E-state index in [9.17, 15) is 22.8 Å². The van der Waals surface area contributed by atoms with Gasteiger partial charge in [-0.3, -0.25) is 20.4 Å². The Kier molecular flexibility index (Phi) is 7.04. The van der Waals surface area contributed by atoms with Gasteiger partial charge in [0.1, 0.15) is 5.75 Å². The molecule has 2 aromatic heterocycles. The molecule has 0 bridgehead atoms. The van der Waals surface area contributed by atoms with Crippen LogP contribution in [-0.4, -0.2) is 32.5 Å². The Labute approximate surface area is 212 Å². The van der Waals surface area contributed by atoms with E-state index in [4.69, 9.17) is 27.9 Å². The molecule has 1 unspecified atom stereocenters. The number of ether oxygens (including phenoxy) is 1. The predicted molar refractivity (Wildman–Crippen MR) is 126 cm³/mol. The van der Waals surface area contributed by atoms with Crippen molar-refractivity contribution in [1.29, 1.82) is 0 Å². The van der Waals surface area contributed by atoms with Gasteiger partial charge in [-0.1, -0.05) is 53.5 Å². The predicted octanol–water partition coefficient (Wildman–Crippen LogP) is 4.95. The number of carbonyl (C=O) groups is 2. The number of hydrazine groups is 1. The molecule has 36 heavy (non-hydrogen) atoms. The summed E-state index contributed by atoms with van der Waals surface area (Å²) in [6.45, 7) is 1.40. The first kappa shape index (κ1) is 25.3. The third-order valence-electron chi connectivity index (χ3n) is 4.89. The van der Waals surface area contributed by atoms with Crippen molar-refractivity contribution in [2.45, 2.75) is 19.2 Å². The minimum absolute atomic E-state index is 0.0567. The summed E-state index contributed by atoms with van der Waals surface area (Å²) in [5, 5.41) is 4.29. The van der Waals surface area contributed by atoms with Crippen LogP contribution in [0.4, 0.5) is 13.2 Å². The zero-order valence-electron chi connectivity index (χ0n) is 18.3. The van der Waals surface area contributed by atoms with Gasteiger partial charge in [-0.2, -0.15) is 18.3 Å². The molecule has 2 aromatic carbocycles. The second-order valence-electron chi connectivity index (χ2n) is 7.47. The number of halogens is 5. The Morgan fingerprint density at radius 3 is 2.44 bits per heavy atom. The largest absolute Gasteiger partial charge is 0.479 e. The highest BCUT2D eigenvalue weighted by Crippen LogP contribution is 2.32. The lowest BCUT2D eigenvalue weighted by molar-refractivity contribution is -0.142. The molecule has 0 saturated heterocycles. The summed E-state index contributed by atoms with van der Waals surface area (Å²) in [7, 11) is 0. The molecule has 4 rings (SSSR count). The van der Waals surface area contributed by atoms with E-state index in [0.717, 1.165) is 12.1 Å². The second kappa shape index (κ2) is 10.0. The first-order valence-corrected chi connectivity index (χ1v) is 11.0. The Morgan fingerprint density at radius 2 is 1.75 bits per heavy atom. The topological polar surface area (TPSA) is 97.6 Å². The normalized spacial score (nSPS) is 12.3. The second-order valence-corrected chi connectivity index (χ2v) is 8.31. The van der Waals surface area contributed by atoms with Gasteiger partial charge in [-0.05, 0) is 25.1 Å². The van der Waals surface area contributed by atoms with E-state index in [1.807, 2.05) is 0 Å². The van der Waals surface area contributed by atoms with Crippen molar-refractivity contribution < 1.29 is 27.5 Å². The van der Waals surface area contributed by atoms with Crippen LogP contribution < -0.4 is 15.6 Å². The molecule has 1 atom stereocenters. The number of hydrogen-bond donors (Lipinski definition) is 2. The molecule has 4 aromatic rings. The van der Waals surface area contributed by atoms with Gasteiger partial charge in [0.25, 0.3) is 11.8 Å². The molecule has 8 nitrogen and oxygen atoms in total. The highest BCUT2D eigenvalue weighted by molar-refractivity contribution is 6.34. The monoisotopic (exact) mass is 537 g/mol. The van der Waals surface area contributed by atoms with E-state index in [2.05, 4.69) is 20.9 Å². The number of benzene rings is 2. The zero-order chi connectivity index (χ0) is 26.0. The van der Waals surface area contributed by atoms with Crippen molar-refractivity contribution >= 4 is 40.7 Å². The summed E-state index contributed by atoms with van der Waals surface area (Å²) >= 11 is 11.9. The van der Waals surface area contributed by atoms with Crippen molar-refractivity contribution in [3.63, 3.8) is 0 Å². The van der Waals surface area contributed by atoms with Crippen LogP contribution >= 0.6 is 23.2 Å². The molecule has 0 spiro atoms. The van der Waals surface area contributed by atoms with Gasteiger partial charge < -0.3 is 4.74 Å². The van der Waals surface area contributed by atoms with Crippen molar-refractivity contribution in [2.24, 2.45) is 0 Å². The van der Waals surface area contributed by atoms with Crippen LogP contribution in [0.25, 0.3) is 16.9 Å². The van der Waals surface area contributed by atoms with Crippen molar-refractivity contribution in [2.75, 3.05) is 0 Å². The van der Waals surface area contributed by atoms with Crippen molar-refractivity contribution in [3.05, 3.63) is 82.1 Å². The first-order chi connectivity index (χ1) is 17.0. The lowest BCUT2D eigenvalue weighted by Gasteiger charge is -2.16. The number of amides is 2. The number of hydrogen-bond acceptors (Lipinski definition) is 5. The van der Waals surface area contributed by atoms with Crippen molar-refractivity contribution in [1.82, 2.24) is 25.4 Å². The van der Waals surface area contributed by atoms with E-state index in [1.54, 1.807) is 36.4 Å². The molecule has 0 aliphatic carbocycles. The molecule has 0 aliphatic rings. The number of aromatic nitrogens is 3. The van der Waals surface area contributed by atoms with Gasteiger partial charge in [-0.25, -0.2) is 9.50 Å². The van der Waals surface area contributed by atoms with E-state index in [0.29, 0.717) is 15.1 Å². The summed E-state index contributed by atoms with van der Waals surface area (Å²) in [4.78, 5) is 29.0. The number of carbonyl (C=O) groups excluding carboxylic acids is 2. The van der Waals surface area contributed by atoms with Gasteiger partial charge in [0.15, 0.2) is 23.1 Å². The maximum absolute atomic E-state index is 13.7. The number of fused-ring (bicyclic) bond motifs is 1. The summed E-state index contributed by atoms with van der Waals surface area (Å²) in [6.07, 6.45) is -5.87. The quantitative estimate of drug-likeness (QED) is 0.351. The molecule has 186 valence electrons. The lowest BCUT2D eigenvalue weighted by Crippen LogP contribution is -2.47. The van der Waals surface area contributed by atoms with Gasteiger partial charge in [-0.15, -0.1) is 0 Å². The van der Waals surface area contributed by atoms with Crippen LogP contribution in [-0.2, 0) is 11.0 Å². The van der Waals surface area contributed by atoms with Crippen LogP contribution in [0.15, 0.2) is 60.7 Å². The van der Waals surface area contributed by atoms with Crippen LogP contribution in [0.3, 0.4) is 0 Å². The number of rotatable bonds is 5.